The van der Waals surface area contributed by atoms with Gasteiger partial charge in [0, 0.05) is 25.3 Å². The highest BCUT2D eigenvalue weighted by Crippen LogP contribution is 2.16. The largest absolute Gasteiger partial charge is 0.355 e. The van der Waals surface area contributed by atoms with Gasteiger partial charge in [0.05, 0.1) is 13.0 Å². The van der Waals surface area contributed by atoms with E-state index in [9.17, 15) is 9.59 Å². The van der Waals surface area contributed by atoms with Gasteiger partial charge < -0.3 is 10.2 Å². The van der Waals surface area contributed by atoms with Gasteiger partial charge in [-0.2, -0.15) is 0 Å². The first kappa shape index (κ1) is 18.6. The van der Waals surface area contributed by atoms with Crippen LogP contribution in [0.5, 0.6) is 0 Å². The van der Waals surface area contributed by atoms with Crippen LogP contribution < -0.4 is 5.32 Å². The van der Waals surface area contributed by atoms with Gasteiger partial charge in [0.2, 0.25) is 11.8 Å². The minimum atomic E-state index is -0.0629. The summed E-state index contributed by atoms with van der Waals surface area (Å²) < 4.78 is 0. The standard InChI is InChI=1S/C21H29N3O2/c25-20(23-13-6-10-19-9-2-1-5-12-22-19)16-24-14-11-17-7-3-4-8-18(17)15-21(24)26/h3-4,7-8H,1-2,5-6,9-16H2,(H,23,25). The predicted octanol–water partition coefficient (Wildman–Crippen LogP) is 2.53. The quantitative estimate of drug-likeness (QED) is 0.797. The molecule has 0 atom stereocenters. The Bertz CT molecular complexity index is 669. The van der Waals surface area contributed by atoms with Crippen molar-refractivity contribution in [3.63, 3.8) is 0 Å². The Morgan fingerprint density at radius 3 is 2.85 bits per heavy atom. The predicted molar refractivity (Wildman–Crippen MR) is 103 cm³/mol. The number of aliphatic imine (C=N–C) groups is 1. The molecule has 0 aromatic heterocycles. The minimum absolute atomic E-state index is 0.0397. The van der Waals surface area contributed by atoms with Crippen LogP contribution >= 0.6 is 0 Å². The van der Waals surface area contributed by atoms with Gasteiger partial charge in [-0.05, 0) is 49.7 Å². The number of amides is 2. The van der Waals surface area contributed by atoms with Crippen molar-refractivity contribution in [2.45, 2.75) is 51.4 Å². The first-order valence-electron chi connectivity index (χ1n) is 9.86. The molecule has 5 nitrogen and oxygen atoms in total. The van der Waals surface area contributed by atoms with Crippen molar-refractivity contribution in [2.24, 2.45) is 4.99 Å². The van der Waals surface area contributed by atoms with Crippen LogP contribution in [0.2, 0.25) is 0 Å². The van der Waals surface area contributed by atoms with Crippen molar-refractivity contribution < 1.29 is 9.59 Å². The molecule has 140 valence electrons. The second-order valence-electron chi connectivity index (χ2n) is 7.22. The molecule has 0 radical (unpaired) electrons. The molecule has 0 saturated carbocycles. The number of hydrogen-bond acceptors (Lipinski definition) is 3. The molecule has 1 aromatic carbocycles. The zero-order valence-electron chi connectivity index (χ0n) is 15.5. The number of carbonyl (C=O) groups is 2. The summed E-state index contributed by atoms with van der Waals surface area (Å²) >= 11 is 0. The van der Waals surface area contributed by atoms with Crippen molar-refractivity contribution in [1.29, 1.82) is 0 Å². The molecule has 2 heterocycles. The lowest BCUT2D eigenvalue weighted by Gasteiger charge is -2.19. The van der Waals surface area contributed by atoms with Crippen molar-refractivity contribution in [3.8, 4) is 0 Å². The average molecular weight is 355 g/mol. The van der Waals surface area contributed by atoms with E-state index in [1.54, 1.807) is 4.90 Å². The summed E-state index contributed by atoms with van der Waals surface area (Å²) in [5.74, 6) is -0.0231. The lowest BCUT2D eigenvalue weighted by atomic mass is 10.0. The zero-order valence-corrected chi connectivity index (χ0v) is 15.5. The fourth-order valence-corrected chi connectivity index (χ4v) is 3.68. The van der Waals surface area contributed by atoms with E-state index in [4.69, 9.17) is 0 Å². The Hall–Kier alpha value is -2.17. The van der Waals surface area contributed by atoms with Crippen LogP contribution in [0.1, 0.15) is 49.7 Å². The van der Waals surface area contributed by atoms with E-state index in [1.165, 1.54) is 30.5 Å². The van der Waals surface area contributed by atoms with E-state index in [2.05, 4.69) is 16.4 Å². The summed E-state index contributed by atoms with van der Waals surface area (Å²) in [5, 5.41) is 2.96. The summed E-state index contributed by atoms with van der Waals surface area (Å²) in [6.07, 6.45) is 7.92. The van der Waals surface area contributed by atoms with Gasteiger partial charge in [0.15, 0.2) is 0 Å². The molecule has 0 aliphatic carbocycles. The van der Waals surface area contributed by atoms with E-state index in [0.29, 0.717) is 19.5 Å². The van der Waals surface area contributed by atoms with E-state index in [0.717, 1.165) is 37.8 Å². The van der Waals surface area contributed by atoms with Crippen LogP contribution in [0.3, 0.4) is 0 Å². The number of benzene rings is 1. The molecule has 1 aromatic rings. The highest BCUT2D eigenvalue weighted by molar-refractivity contribution is 5.86. The van der Waals surface area contributed by atoms with Gasteiger partial charge in [0.25, 0.3) is 0 Å². The van der Waals surface area contributed by atoms with Crippen LogP contribution in [0.4, 0.5) is 0 Å². The Balaban J connectivity index is 1.39. The van der Waals surface area contributed by atoms with Gasteiger partial charge in [0.1, 0.15) is 0 Å². The van der Waals surface area contributed by atoms with Crippen molar-refractivity contribution >= 4 is 17.5 Å². The SMILES string of the molecule is O=C(CN1CCc2ccccc2CC1=O)NCCCC1=NCCCCC1. The molecule has 26 heavy (non-hydrogen) atoms. The molecule has 2 aliphatic heterocycles. The third-order valence-electron chi connectivity index (χ3n) is 5.22. The lowest BCUT2D eigenvalue weighted by molar-refractivity contribution is -0.135. The molecule has 0 fully saturated rings. The number of fused-ring (bicyclic) bond motifs is 1. The molecule has 1 N–H and O–H groups in total. The first-order valence-corrected chi connectivity index (χ1v) is 9.86. The maximum absolute atomic E-state index is 12.4. The number of nitrogens with zero attached hydrogens (tertiary/aromatic N) is 2. The van der Waals surface area contributed by atoms with Crippen molar-refractivity contribution in [2.75, 3.05) is 26.2 Å². The van der Waals surface area contributed by atoms with E-state index < -0.39 is 0 Å². The Morgan fingerprint density at radius 2 is 1.96 bits per heavy atom. The van der Waals surface area contributed by atoms with Crippen molar-refractivity contribution in [1.82, 2.24) is 10.2 Å². The summed E-state index contributed by atoms with van der Waals surface area (Å²) in [6.45, 7) is 2.38. The topological polar surface area (TPSA) is 61.8 Å². The highest BCUT2D eigenvalue weighted by Gasteiger charge is 2.22. The van der Waals surface area contributed by atoms with Crippen LogP contribution in [-0.4, -0.2) is 48.6 Å². The molecule has 2 aliphatic rings. The molecule has 3 rings (SSSR count). The first-order chi connectivity index (χ1) is 12.7. The normalized spacial score (nSPS) is 17.8. The molecule has 5 heteroatoms. The fraction of sp³-hybridized carbons (Fsp3) is 0.571. The number of rotatable bonds is 6. The summed E-state index contributed by atoms with van der Waals surface area (Å²) in [6, 6.07) is 8.05. The van der Waals surface area contributed by atoms with Crippen LogP contribution in [0, 0.1) is 0 Å². The molecular weight excluding hydrogens is 326 g/mol. The fourth-order valence-electron chi connectivity index (χ4n) is 3.68. The molecule has 0 unspecified atom stereocenters. The Morgan fingerprint density at radius 1 is 1.12 bits per heavy atom. The molecule has 0 spiro atoms. The monoisotopic (exact) mass is 355 g/mol. The number of carbonyl (C=O) groups excluding carboxylic acids is 2. The van der Waals surface area contributed by atoms with Gasteiger partial charge in [-0.15, -0.1) is 0 Å². The third-order valence-corrected chi connectivity index (χ3v) is 5.22. The van der Waals surface area contributed by atoms with E-state index >= 15 is 0 Å². The maximum Gasteiger partial charge on any atom is 0.239 e. The van der Waals surface area contributed by atoms with Gasteiger partial charge >= 0.3 is 0 Å². The van der Waals surface area contributed by atoms with Crippen LogP contribution in [0.15, 0.2) is 29.3 Å². The summed E-state index contributed by atoms with van der Waals surface area (Å²) in [4.78, 5) is 30.9. The molecule has 2 amide bonds. The van der Waals surface area contributed by atoms with Gasteiger partial charge in [-0.3, -0.25) is 14.6 Å². The van der Waals surface area contributed by atoms with E-state index in [-0.39, 0.29) is 18.4 Å². The number of hydrogen-bond donors (Lipinski definition) is 1. The van der Waals surface area contributed by atoms with Gasteiger partial charge in [-0.25, -0.2) is 0 Å². The molecular formula is C21H29N3O2. The smallest absolute Gasteiger partial charge is 0.239 e. The van der Waals surface area contributed by atoms with Crippen LogP contribution in [-0.2, 0) is 22.4 Å². The second-order valence-corrected chi connectivity index (χ2v) is 7.22. The number of nitrogens with one attached hydrogen (secondary N) is 1. The maximum atomic E-state index is 12.4. The zero-order chi connectivity index (χ0) is 18.2. The van der Waals surface area contributed by atoms with Crippen molar-refractivity contribution in [3.05, 3.63) is 35.4 Å². The Kier molecular flexibility index (Phi) is 6.81. The minimum Gasteiger partial charge on any atom is -0.355 e. The molecule has 0 bridgehead atoms. The highest BCUT2D eigenvalue weighted by atomic mass is 16.2. The molecule has 0 saturated heterocycles. The summed E-state index contributed by atoms with van der Waals surface area (Å²) in [5.41, 5.74) is 3.61. The average Bonchev–Trinajstić information content (AvgIpc) is 2.99. The summed E-state index contributed by atoms with van der Waals surface area (Å²) in [7, 11) is 0. The Labute approximate surface area is 155 Å². The lowest BCUT2D eigenvalue weighted by Crippen LogP contribution is -2.41. The third kappa shape index (κ3) is 5.41. The van der Waals surface area contributed by atoms with Gasteiger partial charge in [-0.1, -0.05) is 30.7 Å². The second kappa shape index (κ2) is 9.51. The van der Waals surface area contributed by atoms with Crippen LogP contribution in [0.25, 0.3) is 0 Å². The van der Waals surface area contributed by atoms with E-state index in [1.807, 2.05) is 18.2 Å².